The molecule has 0 aliphatic carbocycles. The summed E-state index contributed by atoms with van der Waals surface area (Å²) >= 11 is 0. The Morgan fingerprint density at radius 3 is 1.93 bits per heavy atom. The van der Waals surface area contributed by atoms with E-state index in [0.717, 1.165) is 35.5 Å². The Bertz CT molecular complexity index is 1340. The standard InChI is InChI=1S/C35H36FNO4/c36-30-17-15-29(16-18-30)33(38)23-14-28-12-10-27(11-13-28)9-7-5-3-1-2-4-6-8-26-41-32-21-19-31(20-22-32)37-34(39)24-25-35(37)40/h10-25H,1-9,26H2. The van der Waals surface area contributed by atoms with Crippen LogP contribution in [0.25, 0.3) is 6.08 Å². The fraction of sp³-hybridized carbons (Fsp3) is 0.286. The predicted octanol–water partition coefficient (Wildman–Crippen LogP) is 7.89. The van der Waals surface area contributed by atoms with Crippen molar-refractivity contribution in [3.05, 3.63) is 114 Å². The molecule has 3 aromatic carbocycles. The van der Waals surface area contributed by atoms with Gasteiger partial charge in [0.15, 0.2) is 5.78 Å². The summed E-state index contributed by atoms with van der Waals surface area (Å²) in [6, 6.07) is 20.9. The topological polar surface area (TPSA) is 63.7 Å². The van der Waals surface area contributed by atoms with Crippen LogP contribution in [-0.4, -0.2) is 24.2 Å². The number of amides is 2. The number of ketones is 1. The number of rotatable bonds is 16. The molecule has 0 saturated carbocycles. The Hall–Kier alpha value is -4.32. The van der Waals surface area contributed by atoms with E-state index in [2.05, 4.69) is 12.1 Å². The highest BCUT2D eigenvalue weighted by Crippen LogP contribution is 2.22. The largest absolute Gasteiger partial charge is 0.494 e. The molecule has 5 nitrogen and oxygen atoms in total. The molecule has 212 valence electrons. The normalized spacial score (nSPS) is 13.0. The van der Waals surface area contributed by atoms with Gasteiger partial charge in [-0.3, -0.25) is 14.4 Å². The lowest BCUT2D eigenvalue weighted by Crippen LogP contribution is -2.29. The molecule has 0 radical (unpaired) electrons. The average molecular weight is 554 g/mol. The molecule has 6 heteroatoms. The molecule has 1 aliphatic rings. The van der Waals surface area contributed by atoms with Gasteiger partial charge in [-0.1, -0.05) is 68.9 Å². The molecule has 0 fully saturated rings. The fourth-order valence-electron chi connectivity index (χ4n) is 4.71. The van der Waals surface area contributed by atoms with Crippen molar-refractivity contribution in [2.45, 2.75) is 57.8 Å². The summed E-state index contributed by atoms with van der Waals surface area (Å²) in [5.74, 6) is -0.388. The van der Waals surface area contributed by atoms with Gasteiger partial charge in [-0.2, -0.15) is 0 Å². The summed E-state index contributed by atoms with van der Waals surface area (Å²) in [6.07, 6.45) is 16.4. The van der Waals surface area contributed by atoms with Crippen LogP contribution < -0.4 is 9.64 Å². The highest BCUT2D eigenvalue weighted by atomic mass is 19.1. The number of nitrogens with zero attached hydrogens (tertiary/aromatic N) is 1. The number of hydrogen-bond donors (Lipinski definition) is 0. The van der Waals surface area contributed by atoms with E-state index in [0.29, 0.717) is 17.9 Å². The maximum Gasteiger partial charge on any atom is 0.258 e. The Morgan fingerprint density at radius 2 is 1.29 bits per heavy atom. The monoisotopic (exact) mass is 553 g/mol. The summed E-state index contributed by atoms with van der Waals surface area (Å²) < 4.78 is 18.8. The van der Waals surface area contributed by atoms with E-state index < -0.39 is 0 Å². The fourth-order valence-corrected chi connectivity index (χ4v) is 4.71. The van der Waals surface area contributed by atoms with Gasteiger partial charge in [0.25, 0.3) is 11.8 Å². The molecule has 2 amide bonds. The van der Waals surface area contributed by atoms with Gasteiger partial charge in [-0.05, 0) is 85.0 Å². The van der Waals surface area contributed by atoms with Gasteiger partial charge in [0.2, 0.25) is 0 Å². The molecule has 41 heavy (non-hydrogen) atoms. The van der Waals surface area contributed by atoms with Crippen LogP contribution in [0.5, 0.6) is 5.75 Å². The van der Waals surface area contributed by atoms with Crippen LogP contribution in [0.1, 0.15) is 72.9 Å². The average Bonchev–Trinajstić information content (AvgIpc) is 3.33. The SMILES string of the molecule is O=C(C=Cc1ccc(CCCCCCCCCCOc2ccc(N3C(=O)C=CC3=O)cc2)cc1)c1ccc(F)cc1. The van der Waals surface area contributed by atoms with Gasteiger partial charge >= 0.3 is 0 Å². The van der Waals surface area contributed by atoms with Crippen molar-refractivity contribution in [2.24, 2.45) is 0 Å². The number of aryl methyl sites for hydroxylation is 1. The summed E-state index contributed by atoms with van der Waals surface area (Å²) in [5.41, 5.74) is 3.30. The third-order valence-electron chi connectivity index (χ3n) is 7.07. The molecule has 3 aromatic rings. The Labute approximate surface area is 241 Å². The Kier molecular flexibility index (Phi) is 11.2. The van der Waals surface area contributed by atoms with Crippen molar-refractivity contribution < 1.29 is 23.5 Å². The molecule has 0 spiro atoms. The molecule has 0 bridgehead atoms. The molecule has 0 N–H and O–H groups in total. The van der Waals surface area contributed by atoms with Crippen LogP contribution in [0.4, 0.5) is 10.1 Å². The van der Waals surface area contributed by atoms with Crippen molar-refractivity contribution in [1.82, 2.24) is 0 Å². The number of benzene rings is 3. The van der Waals surface area contributed by atoms with Crippen molar-refractivity contribution in [3.8, 4) is 5.75 Å². The van der Waals surface area contributed by atoms with Crippen molar-refractivity contribution in [1.29, 1.82) is 0 Å². The molecule has 0 atom stereocenters. The van der Waals surface area contributed by atoms with E-state index in [1.165, 1.54) is 86.6 Å². The number of anilines is 1. The van der Waals surface area contributed by atoms with Crippen LogP contribution in [0.3, 0.4) is 0 Å². The molecular weight excluding hydrogens is 517 g/mol. The number of carbonyl (C=O) groups is 3. The van der Waals surface area contributed by atoms with Gasteiger partial charge in [0.1, 0.15) is 11.6 Å². The minimum absolute atomic E-state index is 0.139. The maximum atomic E-state index is 13.0. The highest BCUT2D eigenvalue weighted by molar-refractivity contribution is 6.28. The number of allylic oxidation sites excluding steroid dienone is 1. The third kappa shape index (κ3) is 9.38. The number of imide groups is 1. The number of ether oxygens (including phenoxy) is 1. The van der Waals surface area contributed by atoms with E-state index in [1.54, 1.807) is 30.3 Å². The first-order chi connectivity index (χ1) is 20.0. The first-order valence-corrected chi connectivity index (χ1v) is 14.4. The van der Waals surface area contributed by atoms with E-state index in [-0.39, 0.29) is 23.4 Å². The van der Waals surface area contributed by atoms with Crippen LogP contribution in [-0.2, 0) is 16.0 Å². The predicted molar refractivity (Wildman–Crippen MR) is 160 cm³/mol. The Balaban J connectivity index is 1.00. The zero-order valence-corrected chi connectivity index (χ0v) is 23.3. The zero-order valence-electron chi connectivity index (χ0n) is 23.3. The lowest BCUT2D eigenvalue weighted by atomic mass is 10.0. The van der Waals surface area contributed by atoms with E-state index in [9.17, 15) is 18.8 Å². The van der Waals surface area contributed by atoms with E-state index in [1.807, 2.05) is 12.1 Å². The minimum Gasteiger partial charge on any atom is -0.494 e. The van der Waals surface area contributed by atoms with Crippen LogP contribution >= 0.6 is 0 Å². The second-order valence-electron chi connectivity index (χ2n) is 10.2. The molecule has 0 unspecified atom stereocenters. The summed E-state index contributed by atoms with van der Waals surface area (Å²) in [4.78, 5) is 36.8. The van der Waals surface area contributed by atoms with Gasteiger partial charge < -0.3 is 4.74 Å². The Morgan fingerprint density at radius 1 is 0.707 bits per heavy atom. The quantitative estimate of drug-likeness (QED) is 0.0783. The van der Waals surface area contributed by atoms with Crippen molar-refractivity contribution in [3.63, 3.8) is 0 Å². The lowest BCUT2D eigenvalue weighted by molar-refractivity contribution is -0.119. The number of unbranched alkanes of at least 4 members (excludes halogenated alkanes) is 7. The highest BCUT2D eigenvalue weighted by Gasteiger charge is 2.24. The second-order valence-corrected chi connectivity index (χ2v) is 10.2. The molecule has 1 aliphatic heterocycles. The van der Waals surface area contributed by atoms with Gasteiger partial charge in [0.05, 0.1) is 12.3 Å². The summed E-state index contributed by atoms with van der Waals surface area (Å²) in [6.45, 7) is 0.654. The minimum atomic E-state index is -0.350. The first kappa shape index (κ1) is 29.7. The van der Waals surface area contributed by atoms with Gasteiger partial charge in [0, 0.05) is 17.7 Å². The number of carbonyl (C=O) groups excluding carboxylic acids is 3. The number of hydrogen-bond acceptors (Lipinski definition) is 4. The molecular formula is C35H36FNO4. The molecule has 4 rings (SSSR count). The lowest BCUT2D eigenvalue weighted by Gasteiger charge is -2.14. The van der Waals surface area contributed by atoms with Crippen molar-refractivity contribution >= 4 is 29.4 Å². The van der Waals surface area contributed by atoms with Crippen LogP contribution in [0.15, 0.2) is 91.0 Å². The molecule has 1 heterocycles. The second kappa shape index (κ2) is 15.5. The van der Waals surface area contributed by atoms with E-state index in [4.69, 9.17) is 4.74 Å². The molecule has 0 aromatic heterocycles. The van der Waals surface area contributed by atoms with Gasteiger partial charge in [-0.25, -0.2) is 9.29 Å². The van der Waals surface area contributed by atoms with Crippen LogP contribution in [0, 0.1) is 5.82 Å². The van der Waals surface area contributed by atoms with Gasteiger partial charge in [-0.15, -0.1) is 0 Å². The maximum absolute atomic E-state index is 13.0. The summed E-state index contributed by atoms with van der Waals surface area (Å²) in [7, 11) is 0. The van der Waals surface area contributed by atoms with Crippen molar-refractivity contribution in [2.75, 3.05) is 11.5 Å². The molecule has 0 saturated heterocycles. The summed E-state index contributed by atoms with van der Waals surface area (Å²) in [5, 5.41) is 0. The third-order valence-corrected chi connectivity index (χ3v) is 7.07. The smallest absolute Gasteiger partial charge is 0.258 e. The van der Waals surface area contributed by atoms with Crippen LogP contribution in [0.2, 0.25) is 0 Å². The zero-order chi connectivity index (χ0) is 28.9. The number of halogens is 1. The first-order valence-electron chi connectivity index (χ1n) is 14.4. The van der Waals surface area contributed by atoms with E-state index >= 15 is 0 Å².